The fourth-order valence-corrected chi connectivity index (χ4v) is 2.29. The van der Waals surface area contributed by atoms with E-state index < -0.39 is 0 Å². The zero-order valence-electron chi connectivity index (χ0n) is 9.73. The highest BCUT2D eigenvalue weighted by atomic mass is 19.1. The fourth-order valence-electron chi connectivity index (χ4n) is 2.29. The first-order valence-electron chi connectivity index (χ1n) is 5.94. The maximum atomic E-state index is 12.7. The van der Waals surface area contributed by atoms with Gasteiger partial charge in [-0.25, -0.2) is 4.39 Å². The molecule has 2 rings (SSSR count). The Morgan fingerprint density at radius 2 is 2.12 bits per heavy atom. The lowest BCUT2D eigenvalue weighted by Crippen LogP contribution is -2.40. The van der Waals surface area contributed by atoms with E-state index in [1.807, 2.05) is 4.90 Å². The summed E-state index contributed by atoms with van der Waals surface area (Å²) < 4.78 is 12.7. The van der Waals surface area contributed by atoms with Crippen LogP contribution >= 0.6 is 0 Å². The van der Waals surface area contributed by atoms with Crippen molar-refractivity contribution < 1.29 is 9.18 Å². The second kappa shape index (κ2) is 5.27. The lowest BCUT2D eigenvalue weighted by atomic mass is 10.1. The number of halogens is 1. The van der Waals surface area contributed by atoms with Crippen molar-refractivity contribution in [2.75, 3.05) is 13.1 Å². The van der Waals surface area contributed by atoms with Gasteiger partial charge in [-0.2, -0.15) is 0 Å². The van der Waals surface area contributed by atoms with Gasteiger partial charge in [-0.1, -0.05) is 12.1 Å². The Labute approximate surface area is 100 Å². The van der Waals surface area contributed by atoms with Crippen LogP contribution in [-0.2, 0) is 11.2 Å². The molecule has 4 heteroatoms. The van der Waals surface area contributed by atoms with Crippen molar-refractivity contribution in [3.05, 3.63) is 35.6 Å². The Kier molecular flexibility index (Phi) is 3.74. The van der Waals surface area contributed by atoms with Gasteiger partial charge in [0.25, 0.3) is 0 Å². The van der Waals surface area contributed by atoms with Crippen LogP contribution in [0.5, 0.6) is 0 Å². The maximum absolute atomic E-state index is 12.7. The average Bonchev–Trinajstić information content (AvgIpc) is 2.80. The predicted molar refractivity (Wildman–Crippen MR) is 63.9 cm³/mol. The molecule has 1 unspecified atom stereocenters. The molecule has 2 N–H and O–H groups in total. The lowest BCUT2D eigenvalue weighted by Gasteiger charge is -2.23. The smallest absolute Gasteiger partial charge is 0.227 e. The molecule has 0 radical (unpaired) electrons. The highest BCUT2D eigenvalue weighted by molar-refractivity contribution is 5.79. The summed E-state index contributed by atoms with van der Waals surface area (Å²) in [7, 11) is 0. The van der Waals surface area contributed by atoms with Crippen LogP contribution in [0.15, 0.2) is 24.3 Å². The molecule has 1 aromatic carbocycles. The number of hydrogen-bond acceptors (Lipinski definition) is 2. The number of nitrogens with two attached hydrogens (primary N) is 1. The van der Waals surface area contributed by atoms with Crippen LogP contribution in [0, 0.1) is 5.82 Å². The molecule has 1 amide bonds. The van der Waals surface area contributed by atoms with Crippen LogP contribution in [-0.4, -0.2) is 29.9 Å². The van der Waals surface area contributed by atoms with Crippen LogP contribution in [0.1, 0.15) is 18.4 Å². The van der Waals surface area contributed by atoms with Crippen LogP contribution < -0.4 is 5.73 Å². The largest absolute Gasteiger partial charge is 0.338 e. The molecule has 1 aliphatic rings. The summed E-state index contributed by atoms with van der Waals surface area (Å²) in [6.45, 7) is 1.32. The number of carbonyl (C=O) groups is 1. The first-order chi connectivity index (χ1) is 8.20. The average molecular weight is 236 g/mol. The molecule has 0 aliphatic carbocycles. The topological polar surface area (TPSA) is 46.3 Å². The van der Waals surface area contributed by atoms with Gasteiger partial charge in [0.05, 0.1) is 6.42 Å². The van der Waals surface area contributed by atoms with E-state index in [0.29, 0.717) is 13.0 Å². The number of hydrogen-bond donors (Lipinski definition) is 1. The summed E-state index contributed by atoms with van der Waals surface area (Å²) in [6.07, 6.45) is 2.35. The van der Waals surface area contributed by atoms with Gasteiger partial charge in [0.15, 0.2) is 0 Å². The van der Waals surface area contributed by atoms with Crippen LogP contribution in [0.4, 0.5) is 4.39 Å². The highest BCUT2D eigenvalue weighted by Crippen LogP contribution is 2.17. The molecule has 1 heterocycles. The Hall–Kier alpha value is -1.42. The van der Waals surface area contributed by atoms with Gasteiger partial charge in [0.2, 0.25) is 5.91 Å². The third-order valence-corrected chi connectivity index (χ3v) is 3.24. The van der Waals surface area contributed by atoms with Crippen molar-refractivity contribution in [2.24, 2.45) is 5.73 Å². The summed E-state index contributed by atoms with van der Waals surface area (Å²) in [5.41, 5.74) is 6.48. The van der Waals surface area contributed by atoms with Crippen LogP contribution in [0.3, 0.4) is 0 Å². The highest BCUT2D eigenvalue weighted by Gasteiger charge is 2.27. The minimum Gasteiger partial charge on any atom is -0.338 e. The molecule has 1 atom stereocenters. The second-order valence-electron chi connectivity index (χ2n) is 4.42. The monoisotopic (exact) mass is 236 g/mol. The van der Waals surface area contributed by atoms with Crippen molar-refractivity contribution >= 4 is 5.91 Å². The molecular weight excluding hydrogens is 219 g/mol. The van der Waals surface area contributed by atoms with E-state index in [-0.39, 0.29) is 17.8 Å². The molecule has 1 saturated heterocycles. The van der Waals surface area contributed by atoms with Gasteiger partial charge in [0, 0.05) is 19.1 Å². The van der Waals surface area contributed by atoms with Crippen molar-refractivity contribution in [3.8, 4) is 0 Å². The minimum atomic E-state index is -0.276. The number of benzene rings is 1. The maximum Gasteiger partial charge on any atom is 0.227 e. The first kappa shape index (κ1) is 12.0. The molecule has 1 fully saturated rings. The van der Waals surface area contributed by atoms with Crippen molar-refractivity contribution in [1.29, 1.82) is 0 Å². The van der Waals surface area contributed by atoms with E-state index >= 15 is 0 Å². The molecule has 17 heavy (non-hydrogen) atoms. The molecule has 1 aliphatic heterocycles. The number of nitrogens with zero attached hydrogens (tertiary/aromatic N) is 1. The minimum absolute atomic E-state index is 0.0876. The quantitative estimate of drug-likeness (QED) is 0.860. The summed E-state index contributed by atoms with van der Waals surface area (Å²) in [4.78, 5) is 13.9. The van der Waals surface area contributed by atoms with Gasteiger partial charge in [-0.15, -0.1) is 0 Å². The Balaban J connectivity index is 1.99. The molecule has 1 aromatic rings. The molecular formula is C13H17FN2O. The van der Waals surface area contributed by atoms with Gasteiger partial charge in [-0.3, -0.25) is 4.79 Å². The van der Waals surface area contributed by atoms with Gasteiger partial charge >= 0.3 is 0 Å². The SMILES string of the molecule is NCC1CCCN1C(=O)Cc1ccc(F)cc1. The van der Waals surface area contributed by atoms with Gasteiger partial charge < -0.3 is 10.6 Å². The van der Waals surface area contributed by atoms with E-state index in [1.165, 1.54) is 12.1 Å². The molecule has 0 bridgehead atoms. The Morgan fingerprint density at radius 1 is 1.41 bits per heavy atom. The molecule has 92 valence electrons. The lowest BCUT2D eigenvalue weighted by molar-refractivity contribution is -0.131. The fraction of sp³-hybridized carbons (Fsp3) is 0.462. The summed E-state index contributed by atoms with van der Waals surface area (Å²) in [5, 5.41) is 0. The van der Waals surface area contributed by atoms with E-state index in [2.05, 4.69) is 0 Å². The standard InChI is InChI=1S/C13H17FN2O/c14-11-5-3-10(4-6-11)8-13(17)16-7-1-2-12(16)9-15/h3-6,12H,1-2,7-9,15H2. The van der Waals surface area contributed by atoms with E-state index in [9.17, 15) is 9.18 Å². The normalized spacial score (nSPS) is 19.6. The zero-order valence-corrected chi connectivity index (χ0v) is 9.73. The molecule has 0 saturated carbocycles. The second-order valence-corrected chi connectivity index (χ2v) is 4.42. The third kappa shape index (κ3) is 2.82. The molecule has 0 spiro atoms. The third-order valence-electron chi connectivity index (χ3n) is 3.24. The number of rotatable bonds is 3. The van der Waals surface area contributed by atoms with Gasteiger partial charge in [-0.05, 0) is 30.5 Å². The first-order valence-corrected chi connectivity index (χ1v) is 5.94. The number of likely N-dealkylation sites (tertiary alicyclic amines) is 1. The molecule has 0 aromatic heterocycles. The van der Waals surface area contributed by atoms with Crippen molar-refractivity contribution in [3.63, 3.8) is 0 Å². The van der Waals surface area contributed by atoms with Crippen molar-refractivity contribution in [2.45, 2.75) is 25.3 Å². The van der Waals surface area contributed by atoms with E-state index in [4.69, 9.17) is 5.73 Å². The zero-order chi connectivity index (χ0) is 12.3. The number of carbonyl (C=O) groups excluding carboxylic acids is 1. The van der Waals surface area contributed by atoms with Crippen LogP contribution in [0.25, 0.3) is 0 Å². The predicted octanol–water partition coefficient (Wildman–Crippen LogP) is 1.32. The summed E-state index contributed by atoms with van der Waals surface area (Å²) in [6, 6.07) is 6.25. The Morgan fingerprint density at radius 3 is 2.76 bits per heavy atom. The van der Waals surface area contributed by atoms with E-state index in [1.54, 1.807) is 12.1 Å². The summed E-state index contributed by atoms with van der Waals surface area (Å²) >= 11 is 0. The summed E-state index contributed by atoms with van der Waals surface area (Å²) in [5.74, 6) is -0.188. The number of amides is 1. The molecule has 3 nitrogen and oxygen atoms in total. The van der Waals surface area contributed by atoms with E-state index in [0.717, 1.165) is 24.9 Å². The van der Waals surface area contributed by atoms with Crippen molar-refractivity contribution in [1.82, 2.24) is 4.90 Å². The van der Waals surface area contributed by atoms with Crippen LogP contribution in [0.2, 0.25) is 0 Å². The van der Waals surface area contributed by atoms with Gasteiger partial charge in [0.1, 0.15) is 5.82 Å². The Bertz CT molecular complexity index is 391.